The van der Waals surface area contributed by atoms with E-state index in [9.17, 15) is 14.4 Å². The zero-order valence-electron chi connectivity index (χ0n) is 20.4. The number of carbonyl (C=O) groups is 3. The molecule has 7 heteroatoms. The van der Waals surface area contributed by atoms with Crippen molar-refractivity contribution in [2.24, 2.45) is 11.8 Å². The molecule has 0 heterocycles. The lowest BCUT2D eigenvalue weighted by Crippen LogP contribution is -2.51. The van der Waals surface area contributed by atoms with E-state index in [-0.39, 0.29) is 43.1 Å². The molecule has 2 unspecified atom stereocenters. The Kier molecular flexibility index (Phi) is 7.43. The first-order valence-electron chi connectivity index (χ1n) is 12.4. The van der Waals surface area contributed by atoms with Gasteiger partial charge in [-0.25, -0.2) is 4.79 Å². The van der Waals surface area contributed by atoms with Crippen molar-refractivity contribution in [3.05, 3.63) is 59.7 Å². The summed E-state index contributed by atoms with van der Waals surface area (Å²) in [6.45, 7) is 4.40. The number of hydrogen-bond donors (Lipinski definition) is 3. The number of alkyl carbamates (subject to hydrolysis) is 1. The molecule has 2 aliphatic carbocycles. The number of nitrogens with one attached hydrogen (secondary N) is 2. The molecule has 4 rings (SSSR count). The smallest absolute Gasteiger partial charge is 0.407 e. The summed E-state index contributed by atoms with van der Waals surface area (Å²) in [4.78, 5) is 36.2. The molecule has 0 aliphatic heterocycles. The predicted molar refractivity (Wildman–Crippen MR) is 133 cm³/mol. The van der Waals surface area contributed by atoms with Crippen LogP contribution in [0.4, 0.5) is 4.79 Å². The maximum atomic E-state index is 12.8. The quantitative estimate of drug-likeness (QED) is 0.434. The Morgan fingerprint density at radius 3 is 2.23 bits per heavy atom. The fourth-order valence-electron chi connectivity index (χ4n) is 5.13. The van der Waals surface area contributed by atoms with E-state index >= 15 is 0 Å². The number of carboxylic acid groups (broad SMARTS) is 1. The largest absolute Gasteiger partial charge is 0.481 e. The third kappa shape index (κ3) is 6.02. The summed E-state index contributed by atoms with van der Waals surface area (Å²) in [5.41, 5.74) is 3.98. The van der Waals surface area contributed by atoms with Gasteiger partial charge in [0.1, 0.15) is 6.61 Å². The average Bonchev–Trinajstić information content (AvgIpc) is 3.61. The van der Waals surface area contributed by atoms with Crippen LogP contribution in [0.2, 0.25) is 0 Å². The van der Waals surface area contributed by atoms with Crippen LogP contribution < -0.4 is 10.6 Å². The average molecular weight is 479 g/mol. The second kappa shape index (κ2) is 10.5. The number of carboxylic acids is 1. The van der Waals surface area contributed by atoms with Crippen molar-refractivity contribution >= 4 is 18.0 Å². The zero-order valence-corrected chi connectivity index (χ0v) is 20.4. The third-order valence-electron chi connectivity index (χ3n) is 7.22. The summed E-state index contributed by atoms with van der Waals surface area (Å²) in [5, 5.41) is 14.7. The summed E-state index contributed by atoms with van der Waals surface area (Å²) < 4.78 is 5.71. The molecule has 2 aliphatic rings. The fraction of sp³-hybridized carbons (Fsp3) is 0.464. The fourth-order valence-corrected chi connectivity index (χ4v) is 5.13. The van der Waals surface area contributed by atoms with Crippen LogP contribution in [0.15, 0.2) is 48.5 Å². The van der Waals surface area contributed by atoms with Crippen LogP contribution in [0.3, 0.4) is 0 Å². The van der Waals surface area contributed by atoms with Gasteiger partial charge in [-0.3, -0.25) is 9.59 Å². The van der Waals surface area contributed by atoms with Gasteiger partial charge in [-0.05, 0) is 60.3 Å². The second-order valence-corrected chi connectivity index (χ2v) is 10.2. The van der Waals surface area contributed by atoms with E-state index in [1.165, 1.54) is 11.1 Å². The Morgan fingerprint density at radius 1 is 1.06 bits per heavy atom. The lowest BCUT2D eigenvalue weighted by Gasteiger charge is -2.30. The van der Waals surface area contributed by atoms with Crippen LogP contribution in [0.25, 0.3) is 11.1 Å². The highest BCUT2D eigenvalue weighted by atomic mass is 16.5. The number of benzene rings is 2. The highest BCUT2D eigenvalue weighted by Gasteiger charge is 2.44. The first-order chi connectivity index (χ1) is 16.8. The Labute approximate surface area is 206 Å². The second-order valence-electron chi connectivity index (χ2n) is 10.2. The molecule has 2 aromatic carbocycles. The molecule has 2 aromatic rings. The van der Waals surface area contributed by atoms with E-state index in [1.54, 1.807) is 0 Å². The molecule has 1 saturated carbocycles. The standard InChI is InChI=1S/C28H34N2O5/c1-18(15-26(32)33)13-14-29-25(31)16-28(2,19-11-12-19)30-27(34)35-17-24-22-9-5-3-7-20(22)21-8-4-6-10-23(21)24/h3-10,18-19,24H,11-17H2,1-2H3,(H,29,31)(H,30,34)(H,32,33). The molecular formula is C28H34N2O5. The molecule has 2 amide bonds. The van der Waals surface area contributed by atoms with Gasteiger partial charge in [0.15, 0.2) is 0 Å². The van der Waals surface area contributed by atoms with Crippen molar-refractivity contribution in [3.63, 3.8) is 0 Å². The first kappa shape index (κ1) is 24.8. The Bertz CT molecular complexity index is 1050. The van der Waals surface area contributed by atoms with Crippen molar-refractivity contribution in [1.29, 1.82) is 0 Å². The van der Waals surface area contributed by atoms with Crippen molar-refractivity contribution in [2.45, 2.75) is 57.4 Å². The highest BCUT2D eigenvalue weighted by Crippen LogP contribution is 2.45. The Morgan fingerprint density at radius 2 is 1.66 bits per heavy atom. The molecule has 1 fully saturated rings. The van der Waals surface area contributed by atoms with Gasteiger partial charge in [-0.2, -0.15) is 0 Å². The number of rotatable bonds is 11. The topological polar surface area (TPSA) is 105 Å². The van der Waals surface area contributed by atoms with Crippen molar-refractivity contribution in [2.75, 3.05) is 13.2 Å². The van der Waals surface area contributed by atoms with Gasteiger partial charge in [0, 0.05) is 25.3 Å². The summed E-state index contributed by atoms with van der Waals surface area (Å²) in [6.07, 6.45) is 2.25. The number of hydrogen-bond acceptors (Lipinski definition) is 4. The van der Waals surface area contributed by atoms with Crippen molar-refractivity contribution < 1.29 is 24.2 Å². The lowest BCUT2D eigenvalue weighted by molar-refractivity contribution is -0.138. The van der Waals surface area contributed by atoms with Crippen molar-refractivity contribution in [1.82, 2.24) is 10.6 Å². The molecule has 0 radical (unpaired) electrons. The third-order valence-corrected chi connectivity index (χ3v) is 7.22. The molecule has 0 bridgehead atoms. The normalized spacial score (nSPS) is 17.0. The minimum atomic E-state index is -0.836. The van der Waals surface area contributed by atoms with E-state index in [0.29, 0.717) is 13.0 Å². The summed E-state index contributed by atoms with van der Waals surface area (Å²) >= 11 is 0. The van der Waals surface area contributed by atoms with E-state index in [2.05, 4.69) is 34.9 Å². The maximum Gasteiger partial charge on any atom is 0.407 e. The lowest BCUT2D eigenvalue weighted by atomic mass is 9.91. The van der Waals surface area contributed by atoms with Gasteiger partial charge in [-0.15, -0.1) is 0 Å². The van der Waals surface area contributed by atoms with Crippen molar-refractivity contribution in [3.8, 4) is 11.1 Å². The van der Waals surface area contributed by atoms with Gasteiger partial charge < -0.3 is 20.5 Å². The molecule has 3 N–H and O–H groups in total. The van der Waals surface area contributed by atoms with Gasteiger partial charge in [0.05, 0.1) is 5.54 Å². The first-order valence-corrected chi connectivity index (χ1v) is 12.4. The summed E-state index contributed by atoms with van der Waals surface area (Å²) in [6, 6.07) is 16.4. The number of fused-ring (bicyclic) bond motifs is 3. The van der Waals surface area contributed by atoms with Crippen LogP contribution >= 0.6 is 0 Å². The minimum absolute atomic E-state index is 0.0124. The molecule has 2 atom stereocenters. The number of ether oxygens (including phenoxy) is 1. The summed E-state index contributed by atoms with van der Waals surface area (Å²) in [5.74, 6) is -0.782. The number of aliphatic carboxylic acids is 1. The van der Waals surface area contributed by atoms with Gasteiger partial charge in [0.2, 0.25) is 5.91 Å². The monoisotopic (exact) mass is 478 g/mol. The Hall–Kier alpha value is -3.35. The molecular weight excluding hydrogens is 444 g/mol. The van der Waals surface area contributed by atoms with E-state index < -0.39 is 17.6 Å². The minimum Gasteiger partial charge on any atom is -0.481 e. The van der Waals surface area contributed by atoms with Gasteiger partial charge in [0.25, 0.3) is 0 Å². The predicted octanol–water partition coefficient (Wildman–Crippen LogP) is 4.70. The molecule has 35 heavy (non-hydrogen) atoms. The van der Waals surface area contributed by atoms with E-state index in [1.807, 2.05) is 38.1 Å². The number of amides is 2. The van der Waals surface area contributed by atoms with Crippen LogP contribution in [-0.4, -0.2) is 41.8 Å². The molecule has 0 aromatic heterocycles. The summed E-state index contributed by atoms with van der Waals surface area (Å²) in [7, 11) is 0. The van der Waals surface area contributed by atoms with E-state index in [0.717, 1.165) is 24.0 Å². The van der Waals surface area contributed by atoms with Gasteiger partial charge in [-0.1, -0.05) is 55.5 Å². The molecule has 0 spiro atoms. The highest BCUT2D eigenvalue weighted by molar-refractivity contribution is 5.80. The molecule has 0 saturated heterocycles. The molecule has 7 nitrogen and oxygen atoms in total. The zero-order chi connectivity index (χ0) is 25.0. The van der Waals surface area contributed by atoms with Crippen LogP contribution in [0.1, 0.15) is 63.0 Å². The molecule has 186 valence electrons. The number of carbonyl (C=O) groups excluding carboxylic acids is 2. The van der Waals surface area contributed by atoms with Gasteiger partial charge >= 0.3 is 12.1 Å². The SMILES string of the molecule is CC(CCNC(=O)CC(C)(NC(=O)OCC1c2ccccc2-c2ccccc21)C1CC1)CC(=O)O. The van der Waals surface area contributed by atoms with Crippen LogP contribution in [0.5, 0.6) is 0 Å². The van der Waals surface area contributed by atoms with Crippen LogP contribution in [0, 0.1) is 11.8 Å². The van der Waals surface area contributed by atoms with E-state index in [4.69, 9.17) is 9.84 Å². The maximum absolute atomic E-state index is 12.8. The van der Waals surface area contributed by atoms with Crippen LogP contribution in [-0.2, 0) is 14.3 Å². The Balaban J connectivity index is 1.32.